The molecular weight excluding hydrogens is 344 g/mol. The first-order valence-corrected chi connectivity index (χ1v) is 8.60. The molecule has 2 N–H and O–H groups in total. The Balaban J connectivity index is 1.77. The molecule has 0 fully saturated rings. The standard InChI is InChI=1S/C18H17ClN2O2S/c1-2-17(22)21-15-6-8-16(9-7-15)24-12-18(23)20-11-13-4-3-5-14(19)10-13/h2-10H,1,11-12H2,(H,20,23)(H,21,22). The minimum Gasteiger partial charge on any atom is -0.351 e. The summed E-state index contributed by atoms with van der Waals surface area (Å²) in [5.41, 5.74) is 1.65. The summed E-state index contributed by atoms with van der Waals surface area (Å²) in [5.74, 6) is 0.0126. The third-order valence-corrected chi connectivity index (χ3v) is 4.30. The topological polar surface area (TPSA) is 58.2 Å². The van der Waals surface area contributed by atoms with Crippen molar-refractivity contribution in [2.24, 2.45) is 0 Å². The molecule has 124 valence electrons. The predicted molar refractivity (Wildman–Crippen MR) is 99.3 cm³/mol. The second kappa shape index (κ2) is 9.15. The summed E-state index contributed by atoms with van der Waals surface area (Å²) >= 11 is 7.34. The van der Waals surface area contributed by atoms with E-state index in [0.29, 0.717) is 23.0 Å². The van der Waals surface area contributed by atoms with Crippen LogP contribution in [0.15, 0.2) is 66.1 Å². The number of carbonyl (C=O) groups excluding carboxylic acids is 2. The van der Waals surface area contributed by atoms with Crippen LogP contribution in [0, 0.1) is 0 Å². The van der Waals surface area contributed by atoms with Gasteiger partial charge in [-0.25, -0.2) is 0 Å². The van der Waals surface area contributed by atoms with Gasteiger partial charge in [-0.3, -0.25) is 9.59 Å². The summed E-state index contributed by atoms with van der Waals surface area (Å²) in [5, 5.41) is 6.18. The van der Waals surface area contributed by atoms with E-state index in [1.54, 1.807) is 18.2 Å². The van der Waals surface area contributed by atoms with Crippen molar-refractivity contribution >= 4 is 40.9 Å². The number of halogens is 1. The number of nitrogens with one attached hydrogen (secondary N) is 2. The van der Waals surface area contributed by atoms with Crippen LogP contribution < -0.4 is 10.6 Å². The minimum atomic E-state index is -0.254. The number of thioether (sulfide) groups is 1. The summed E-state index contributed by atoms with van der Waals surface area (Å²) in [6.45, 7) is 3.85. The maximum atomic E-state index is 11.9. The van der Waals surface area contributed by atoms with Crippen molar-refractivity contribution in [3.63, 3.8) is 0 Å². The molecule has 2 aromatic rings. The Labute approximate surface area is 150 Å². The molecule has 0 saturated carbocycles. The molecule has 0 saturated heterocycles. The molecular formula is C18H17ClN2O2S. The first-order chi connectivity index (χ1) is 11.6. The van der Waals surface area contributed by atoms with E-state index < -0.39 is 0 Å². The van der Waals surface area contributed by atoms with Crippen LogP contribution in [-0.4, -0.2) is 17.6 Å². The highest BCUT2D eigenvalue weighted by Gasteiger charge is 2.04. The van der Waals surface area contributed by atoms with Crippen molar-refractivity contribution in [2.75, 3.05) is 11.1 Å². The largest absolute Gasteiger partial charge is 0.351 e. The van der Waals surface area contributed by atoms with E-state index in [1.807, 2.05) is 30.3 Å². The minimum absolute atomic E-state index is 0.0518. The molecule has 0 aromatic heterocycles. The number of rotatable bonds is 7. The van der Waals surface area contributed by atoms with Crippen molar-refractivity contribution in [2.45, 2.75) is 11.4 Å². The summed E-state index contributed by atoms with van der Waals surface area (Å²) in [6.07, 6.45) is 1.22. The van der Waals surface area contributed by atoms with E-state index in [2.05, 4.69) is 17.2 Å². The molecule has 4 nitrogen and oxygen atoms in total. The monoisotopic (exact) mass is 360 g/mol. The molecule has 2 rings (SSSR count). The van der Waals surface area contributed by atoms with Gasteiger partial charge in [-0.1, -0.05) is 30.3 Å². The lowest BCUT2D eigenvalue weighted by Gasteiger charge is -2.07. The first kappa shape index (κ1) is 18.1. The Bertz CT molecular complexity index is 732. The molecule has 0 unspecified atom stereocenters. The Morgan fingerprint density at radius 3 is 2.58 bits per heavy atom. The van der Waals surface area contributed by atoms with E-state index in [9.17, 15) is 9.59 Å². The number of benzene rings is 2. The molecule has 0 radical (unpaired) electrons. The van der Waals surface area contributed by atoms with Gasteiger partial charge in [-0.2, -0.15) is 0 Å². The van der Waals surface area contributed by atoms with Gasteiger partial charge >= 0.3 is 0 Å². The van der Waals surface area contributed by atoms with Gasteiger partial charge in [0.2, 0.25) is 11.8 Å². The molecule has 0 heterocycles. The fourth-order valence-electron chi connectivity index (χ4n) is 1.88. The van der Waals surface area contributed by atoms with Crippen LogP contribution in [0.5, 0.6) is 0 Å². The second-order valence-electron chi connectivity index (χ2n) is 4.91. The Morgan fingerprint density at radius 1 is 1.17 bits per heavy atom. The molecule has 0 atom stereocenters. The molecule has 2 amide bonds. The zero-order valence-corrected chi connectivity index (χ0v) is 14.5. The van der Waals surface area contributed by atoms with Crippen molar-refractivity contribution in [1.82, 2.24) is 5.32 Å². The molecule has 2 aromatic carbocycles. The smallest absolute Gasteiger partial charge is 0.247 e. The average molecular weight is 361 g/mol. The number of anilines is 1. The van der Waals surface area contributed by atoms with Gasteiger partial charge in [0, 0.05) is 22.2 Å². The molecule has 24 heavy (non-hydrogen) atoms. The average Bonchev–Trinajstić information content (AvgIpc) is 2.59. The zero-order chi connectivity index (χ0) is 17.4. The van der Waals surface area contributed by atoms with Crippen LogP contribution in [-0.2, 0) is 16.1 Å². The normalized spacial score (nSPS) is 10.0. The maximum absolute atomic E-state index is 11.9. The van der Waals surface area contributed by atoms with Gasteiger partial charge in [-0.05, 0) is 48.0 Å². The van der Waals surface area contributed by atoms with Gasteiger partial charge in [0.1, 0.15) is 0 Å². The predicted octanol–water partition coefficient (Wildman–Crippen LogP) is 3.87. The van der Waals surface area contributed by atoms with Gasteiger partial charge in [0.15, 0.2) is 0 Å². The number of hydrogen-bond acceptors (Lipinski definition) is 3. The fraction of sp³-hybridized carbons (Fsp3) is 0.111. The Morgan fingerprint density at radius 2 is 1.92 bits per heavy atom. The summed E-state index contributed by atoms with van der Waals surface area (Å²) in [7, 11) is 0. The lowest BCUT2D eigenvalue weighted by Crippen LogP contribution is -2.24. The first-order valence-electron chi connectivity index (χ1n) is 7.24. The summed E-state index contributed by atoms with van der Waals surface area (Å²) < 4.78 is 0. The zero-order valence-electron chi connectivity index (χ0n) is 12.9. The van der Waals surface area contributed by atoms with Crippen LogP contribution >= 0.6 is 23.4 Å². The van der Waals surface area contributed by atoms with Crippen LogP contribution in [0.25, 0.3) is 0 Å². The van der Waals surface area contributed by atoms with Gasteiger partial charge in [-0.15, -0.1) is 11.8 Å². The maximum Gasteiger partial charge on any atom is 0.247 e. The Hall–Kier alpha value is -2.24. The van der Waals surface area contributed by atoms with E-state index >= 15 is 0 Å². The van der Waals surface area contributed by atoms with E-state index in [4.69, 9.17) is 11.6 Å². The molecule has 0 aliphatic carbocycles. The Kier molecular flexibility index (Phi) is 6.90. The highest BCUT2D eigenvalue weighted by molar-refractivity contribution is 8.00. The molecule has 0 bridgehead atoms. The van der Waals surface area contributed by atoms with Crippen LogP contribution in [0.3, 0.4) is 0 Å². The molecule has 6 heteroatoms. The van der Waals surface area contributed by atoms with Gasteiger partial charge in [0.25, 0.3) is 0 Å². The van der Waals surface area contributed by atoms with E-state index in [-0.39, 0.29) is 11.8 Å². The quantitative estimate of drug-likeness (QED) is 0.582. The summed E-state index contributed by atoms with van der Waals surface area (Å²) in [6, 6.07) is 14.7. The third-order valence-electron chi connectivity index (χ3n) is 3.06. The third kappa shape index (κ3) is 6.10. The van der Waals surface area contributed by atoms with E-state index in [0.717, 1.165) is 10.5 Å². The molecule has 0 aliphatic rings. The lowest BCUT2D eigenvalue weighted by atomic mass is 10.2. The fourth-order valence-corrected chi connectivity index (χ4v) is 2.82. The van der Waals surface area contributed by atoms with Crippen LogP contribution in [0.2, 0.25) is 5.02 Å². The number of carbonyl (C=O) groups is 2. The summed E-state index contributed by atoms with van der Waals surface area (Å²) in [4.78, 5) is 24.0. The van der Waals surface area contributed by atoms with Crippen molar-refractivity contribution in [1.29, 1.82) is 0 Å². The number of amides is 2. The van der Waals surface area contributed by atoms with Crippen molar-refractivity contribution in [3.05, 3.63) is 71.8 Å². The van der Waals surface area contributed by atoms with Gasteiger partial charge in [0.05, 0.1) is 5.75 Å². The van der Waals surface area contributed by atoms with E-state index in [1.165, 1.54) is 17.8 Å². The second-order valence-corrected chi connectivity index (χ2v) is 6.40. The van der Waals surface area contributed by atoms with Crippen LogP contribution in [0.1, 0.15) is 5.56 Å². The van der Waals surface area contributed by atoms with Crippen LogP contribution in [0.4, 0.5) is 5.69 Å². The highest BCUT2D eigenvalue weighted by atomic mass is 35.5. The lowest BCUT2D eigenvalue weighted by molar-refractivity contribution is -0.118. The number of hydrogen-bond donors (Lipinski definition) is 2. The van der Waals surface area contributed by atoms with Crippen molar-refractivity contribution < 1.29 is 9.59 Å². The molecule has 0 spiro atoms. The molecule has 0 aliphatic heterocycles. The highest BCUT2D eigenvalue weighted by Crippen LogP contribution is 2.20. The van der Waals surface area contributed by atoms with Gasteiger partial charge < -0.3 is 10.6 Å². The SMILES string of the molecule is C=CC(=O)Nc1ccc(SCC(=O)NCc2cccc(Cl)c2)cc1. The van der Waals surface area contributed by atoms with Crippen molar-refractivity contribution in [3.8, 4) is 0 Å².